The summed E-state index contributed by atoms with van der Waals surface area (Å²) < 4.78 is 11.3. The number of fused-ring (bicyclic) bond motifs is 4. The second-order valence-corrected chi connectivity index (χ2v) is 11.0. The summed E-state index contributed by atoms with van der Waals surface area (Å²) >= 11 is 6.39. The van der Waals surface area contributed by atoms with Crippen LogP contribution in [0.3, 0.4) is 0 Å². The van der Waals surface area contributed by atoms with Gasteiger partial charge in [0.2, 0.25) is 0 Å². The molecule has 2 atom stereocenters. The smallest absolute Gasteiger partial charge is 0.274 e. The lowest BCUT2D eigenvalue weighted by Crippen LogP contribution is -2.30. The topological polar surface area (TPSA) is 137 Å². The molecule has 2 aromatic heterocycles. The molecule has 226 valence electrons. The van der Waals surface area contributed by atoms with Gasteiger partial charge in [0.05, 0.1) is 30.6 Å². The van der Waals surface area contributed by atoms with Crippen LogP contribution in [0.1, 0.15) is 45.7 Å². The van der Waals surface area contributed by atoms with Crippen molar-refractivity contribution < 1.29 is 29.3 Å². The van der Waals surface area contributed by atoms with E-state index in [1.54, 1.807) is 60.7 Å². The molecule has 4 N–H and O–H groups in total. The Hall–Kier alpha value is -4.80. The second-order valence-electron chi connectivity index (χ2n) is 10.7. The highest BCUT2D eigenvalue weighted by Gasteiger charge is 2.36. The molecular weight excluding hydrogens is 584 g/mol. The van der Waals surface area contributed by atoms with Gasteiger partial charge in [-0.05, 0) is 55.0 Å². The van der Waals surface area contributed by atoms with Crippen molar-refractivity contribution >= 4 is 56.6 Å². The number of aromatic hydroxyl groups is 1. The minimum absolute atomic E-state index is 0.0358. The van der Waals surface area contributed by atoms with Gasteiger partial charge in [0, 0.05) is 59.2 Å². The number of hydrogen-bond donors (Lipinski definition) is 4. The highest BCUT2D eigenvalue weighted by atomic mass is 35.5. The number of methoxy groups -OCH3 is 1. The molecule has 3 heterocycles. The molecule has 0 fully saturated rings. The van der Waals surface area contributed by atoms with Crippen molar-refractivity contribution in [2.24, 2.45) is 0 Å². The molecule has 6 rings (SSSR count). The monoisotopic (exact) mass is 614 g/mol. The van der Waals surface area contributed by atoms with Gasteiger partial charge in [0.1, 0.15) is 28.8 Å². The molecular formula is C33H31ClN4O6. The van der Waals surface area contributed by atoms with E-state index in [4.69, 9.17) is 26.2 Å². The highest BCUT2D eigenvalue weighted by Crippen LogP contribution is 2.48. The van der Waals surface area contributed by atoms with Gasteiger partial charge in [-0.15, -0.1) is 11.6 Å². The number of pyridine rings is 1. The third-order valence-corrected chi connectivity index (χ3v) is 8.21. The van der Waals surface area contributed by atoms with Crippen LogP contribution in [0.25, 0.3) is 21.7 Å². The molecule has 3 aromatic carbocycles. The average Bonchev–Trinajstić information content (AvgIpc) is 3.62. The summed E-state index contributed by atoms with van der Waals surface area (Å²) in [7, 11) is 1.57. The van der Waals surface area contributed by atoms with E-state index in [1.165, 1.54) is 0 Å². The Morgan fingerprint density at radius 2 is 1.98 bits per heavy atom. The number of phenols is 1. The van der Waals surface area contributed by atoms with Gasteiger partial charge in [-0.2, -0.15) is 0 Å². The summed E-state index contributed by atoms with van der Waals surface area (Å²) in [5.74, 6) is 1.07. The molecule has 5 aromatic rings. The number of halogens is 1. The van der Waals surface area contributed by atoms with Gasteiger partial charge >= 0.3 is 0 Å². The zero-order valence-corrected chi connectivity index (χ0v) is 24.9. The number of aromatic amines is 1. The molecule has 1 aliphatic heterocycles. The van der Waals surface area contributed by atoms with Crippen LogP contribution in [0.15, 0.2) is 66.9 Å². The van der Waals surface area contributed by atoms with Crippen LogP contribution >= 0.6 is 11.6 Å². The summed E-state index contributed by atoms with van der Waals surface area (Å²) in [5.41, 5.74) is 2.83. The van der Waals surface area contributed by atoms with E-state index in [-0.39, 0.29) is 42.1 Å². The Morgan fingerprint density at radius 1 is 1.18 bits per heavy atom. The normalized spacial score (nSPS) is 14.9. The minimum Gasteiger partial charge on any atom is -0.507 e. The van der Waals surface area contributed by atoms with Crippen LogP contribution in [-0.2, 0) is 0 Å². The first-order valence-electron chi connectivity index (χ1n) is 14.2. The first-order chi connectivity index (χ1) is 21.3. The van der Waals surface area contributed by atoms with Gasteiger partial charge < -0.3 is 34.9 Å². The zero-order valence-electron chi connectivity index (χ0n) is 24.1. The summed E-state index contributed by atoms with van der Waals surface area (Å²) in [6, 6.07) is 17.2. The third-order valence-electron chi connectivity index (χ3n) is 7.84. The molecule has 11 heteroatoms. The van der Waals surface area contributed by atoms with Gasteiger partial charge in [0.25, 0.3) is 11.8 Å². The van der Waals surface area contributed by atoms with E-state index in [0.717, 1.165) is 10.9 Å². The number of aliphatic hydroxyl groups excluding tert-OH is 1. The van der Waals surface area contributed by atoms with E-state index < -0.39 is 0 Å². The van der Waals surface area contributed by atoms with Crippen molar-refractivity contribution in [3.63, 3.8) is 0 Å². The highest BCUT2D eigenvalue weighted by molar-refractivity contribution is 6.19. The van der Waals surface area contributed by atoms with Crippen LogP contribution < -0.4 is 19.7 Å². The summed E-state index contributed by atoms with van der Waals surface area (Å²) in [4.78, 5) is 35.8. The number of anilines is 2. The molecule has 0 spiro atoms. The maximum atomic E-state index is 13.8. The van der Waals surface area contributed by atoms with Crippen molar-refractivity contribution in [3.8, 4) is 17.2 Å². The van der Waals surface area contributed by atoms with Gasteiger partial charge in [-0.1, -0.05) is 12.1 Å². The number of H-pyrrole nitrogens is 1. The largest absolute Gasteiger partial charge is 0.507 e. The number of ether oxygens (including phenoxy) is 2. The van der Waals surface area contributed by atoms with Crippen LogP contribution in [0, 0.1) is 0 Å². The fourth-order valence-electron chi connectivity index (χ4n) is 5.68. The van der Waals surface area contributed by atoms with E-state index >= 15 is 0 Å². The lowest BCUT2D eigenvalue weighted by atomic mass is 9.94. The van der Waals surface area contributed by atoms with Crippen LogP contribution in [-0.4, -0.2) is 64.2 Å². The first-order valence-corrected chi connectivity index (χ1v) is 14.7. The Kier molecular flexibility index (Phi) is 8.03. The number of carbonyl (C=O) groups excluding carboxylic acids is 2. The number of aliphatic hydroxyl groups is 1. The van der Waals surface area contributed by atoms with E-state index in [1.807, 2.05) is 25.1 Å². The number of rotatable bonds is 9. The molecule has 0 saturated heterocycles. The van der Waals surface area contributed by atoms with E-state index in [2.05, 4.69) is 15.3 Å². The predicted octanol–water partition coefficient (Wildman–Crippen LogP) is 5.82. The molecule has 0 aliphatic carbocycles. The van der Waals surface area contributed by atoms with E-state index in [9.17, 15) is 14.7 Å². The molecule has 0 bridgehead atoms. The number of alkyl halides is 1. The fourth-order valence-corrected chi connectivity index (χ4v) is 5.93. The SMILES string of the molecule is COc1cccc2c(O)cc3c(c12)[C@H](CCl)CN3C(=O)c1cc2cc(NC(=O)c3ccc(OC(C)CCO)cc3)ncc2[nH]1. The maximum absolute atomic E-state index is 13.8. The number of benzene rings is 3. The molecule has 44 heavy (non-hydrogen) atoms. The summed E-state index contributed by atoms with van der Waals surface area (Å²) in [5, 5.41) is 24.8. The molecule has 2 amide bonds. The van der Waals surface area contributed by atoms with Gasteiger partial charge in [0.15, 0.2) is 0 Å². The van der Waals surface area contributed by atoms with Crippen LogP contribution in [0.5, 0.6) is 17.2 Å². The number of aromatic nitrogens is 2. The minimum atomic E-state index is -0.345. The van der Waals surface area contributed by atoms with Crippen molar-refractivity contribution in [1.82, 2.24) is 9.97 Å². The maximum Gasteiger partial charge on any atom is 0.274 e. The van der Waals surface area contributed by atoms with Crippen LogP contribution in [0.2, 0.25) is 0 Å². The number of nitrogens with zero attached hydrogens (tertiary/aromatic N) is 2. The van der Waals surface area contributed by atoms with Crippen LogP contribution in [0.4, 0.5) is 11.5 Å². The Labute approximate surface area is 258 Å². The number of hydrogen-bond acceptors (Lipinski definition) is 7. The van der Waals surface area contributed by atoms with E-state index in [0.29, 0.717) is 63.5 Å². The zero-order chi connectivity index (χ0) is 31.0. The standard InChI is InChI=1S/C33H31ClN4O6/c1-18(10-11-39)44-22-8-6-19(7-9-22)32(41)37-29-13-20-12-24(36-25(20)16-35-29)33(42)38-17-21(15-34)30-26(38)14-27(40)23-4-3-5-28(43-2)31(23)30/h3-9,12-14,16,18,21,36,39-40H,10-11,15,17H2,1-2H3,(H,35,37,41)/t18?,21-/m1/s1. The molecule has 10 nitrogen and oxygen atoms in total. The molecule has 1 aliphatic rings. The molecule has 1 unspecified atom stereocenters. The van der Waals surface area contributed by atoms with Crippen molar-refractivity contribution in [1.29, 1.82) is 0 Å². The Morgan fingerprint density at radius 3 is 2.70 bits per heavy atom. The first kappa shape index (κ1) is 29.3. The molecule has 0 saturated carbocycles. The summed E-state index contributed by atoms with van der Waals surface area (Å²) in [6.07, 6.45) is 1.93. The Bertz CT molecular complexity index is 1870. The number of nitrogens with one attached hydrogen (secondary N) is 2. The Balaban J connectivity index is 1.24. The summed E-state index contributed by atoms with van der Waals surface area (Å²) in [6.45, 7) is 2.24. The predicted molar refractivity (Wildman–Crippen MR) is 170 cm³/mol. The van der Waals surface area contributed by atoms with Crippen molar-refractivity contribution in [2.45, 2.75) is 25.4 Å². The third kappa shape index (κ3) is 5.38. The number of carbonyl (C=O) groups is 2. The second kappa shape index (κ2) is 12.1. The van der Waals surface area contributed by atoms with Gasteiger partial charge in [-0.3, -0.25) is 9.59 Å². The lowest BCUT2D eigenvalue weighted by Gasteiger charge is -2.18. The average molecular weight is 615 g/mol. The molecule has 0 radical (unpaired) electrons. The van der Waals surface area contributed by atoms with Crippen molar-refractivity contribution in [2.75, 3.05) is 36.4 Å². The number of phenolic OH excluding ortho intramolecular Hbond substituents is 1. The lowest BCUT2D eigenvalue weighted by molar-refractivity contribution is 0.0983. The van der Waals surface area contributed by atoms with Gasteiger partial charge in [-0.25, -0.2) is 4.98 Å². The van der Waals surface area contributed by atoms with Crippen molar-refractivity contribution in [3.05, 3.63) is 83.7 Å². The quantitative estimate of drug-likeness (QED) is 0.154. The fraction of sp³-hybridized carbons (Fsp3) is 0.242. The number of amides is 2.